The zero-order chi connectivity index (χ0) is 21.0. The van der Waals surface area contributed by atoms with Crippen molar-refractivity contribution < 1.29 is 17.9 Å². The molecule has 156 valence electrons. The fourth-order valence-corrected chi connectivity index (χ4v) is 5.19. The molecule has 0 bridgehead atoms. The Kier molecular flexibility index (Phi) is 6.61. The first-order chi connectivity index (χ1) is 13.9. The average molecular weight is 437 g/mol. The molecule has 0 unspecified atom stereocenters. The smallest absolute Gasteiger partial charge is 0.308 e. The third-order valence-corrected chi connectivity index (χ3v) is 6.95. The van der Waals surface area contributed by atoms with Gasteiger partial charge in [-0.1, -0.05) is 24.3 Å². The lowest BCUT2D eigenvalue weighted by Crippen LogP contribution is -2.26. The van der Waals surface area contributed by atoms with Crippen molar-refractivity contribution >= 4 is 31.6 Å². The molecule has 1 N–H and O–H groups in total. The quantitative estimate of drug-likeness (QED) is 0.557. The van der Waals surface area contributed by atoms with E-state index in [1.165, 1.54) is 0 Å². The highest BCUT2D eigenvalue weighted by molar-refractivity contribution is 7.89. The summed E-state index contributed by atoms with van der Waals surface area (Å²) >= 11 is 1.07. The molecule has 0 aliphatic heterocycles. The molecule has 1 heterocycles. The molecule has 0 aliphatic carbocycles. The average Bonchev–Trinajstić information content (AvgIpc) is 3.02. The van der Waals surface area contributed by atoms with E-state index in [9.17, 15) is 13.2 Å². The van der Waals surface area contributed by atoms with Gasteiger partial charge in [0, 0.05) is 13.1 Å². The standard InChI is InChI=1S/C20H24N2O5S2/c1-4-11-22-16-7-6-15(13-19(16)28-20(22)23)29(24,25)21-10-9-14-5-8-17(26-2)18(12-14)27-3/h5-8,12-13,21H,4,9-11H2,1-3H3. The molecule has 0 saturated heterocycles. The van der Waals surface area contributed by atoms with Crippen LogP contribution in [0.5, 0.6) is 11.5 Å². The van der Waals surface area contributed by atoms with Gasteiger partial charge in [-0.15, -0.1) is 0 Å². The van der Waals surface area contributed by atoms with Gasteiger partial charge in [0.1, 0.15) is 0 Å². The summed E-state index contributed by atoms with van der Waals surface area (Å²) in [7, 11) is -0.554. The zero-order valence-electron chi connectivity index (χ0n) is 16.6. The number of rotatable bonds is 9. The summed E-state index contributed by atoms with van der Waals surface area (Å²) in [6.07, 6.45) is 1.34. The molecule has 2 aromatic carbocycles. The van der Waals surface area contributed by atoms with Crippen molar-refractivity contribution in [3.63, 3.8) is 0 Å². The predicted molar refractivity (Wildman–Crippen MR) is 115 cm³/mol. The first-order valence-electron chi connectivity index (χ1n) is 9.23. The van der Waals surface area contributed by atoms with Gasteiger partial charge in [0.05, 0.1) is 29.3 Å². The second-order valence-electron chi connectivity index (χ2n) is 6.49. The lowest BCUT2D eigenvalue weighted by atomic mass is 10.1. The molecule has 7 nitrogen and oxygen atoms in total. The monoisotopic (exact) mass is 436 g/mol. The molecular weight excluding hydrogens is 412 g/mol. The second-order valence-corrected chi connectivity index (χ2v) is 9.25. The second kappa shape index (κ2) is 8.98. The van der Waals surface area contributed by atoms with Crippen molar-refractivity contribution in [1.82, 2.24) is 9.29 Å². The minimum Gasteiger partial charge on any atom is -0.493 e. The van der Waals surface area contributed by atoms with Crippen LogP contribution in [-0.4, -0.2) is 33.7 Å². The number of aryl methyl sites for hydroxylation is 1. The van der Waals surface area contributed by atoms with Crippen molar-refractivity contribution in [3.8, 4) is 11.5 Å². The van der Waals surface area contributed by atoms with Crippen LogP contribution in [0.4, 0.5) is 0 Å². The maximum absolute atomic E-state index is 12.7. The van der Waals surface area contributed by atoms with Gasteiger partial charge >= 0.3 is 4.87 Å². The van der Waals surface area contributed by atoms with E-state index in [1.807, 2.05) is 19.1 Å². The number of benzene rings is 2. The number of ether oxygens (including phenoxy) is 2. The van der Waals surface area contributed by atoms with Crippen LogP contribution >= 0.6 is 11.3 Å². The molecule has 0 atom stereocenters. The van der Waals surface area contributed by atoms with Crippen LogP contribution < -0.4 is 19.1 Å². The number of nitrogens with one attached hydrogen (secondary N) is 1. The van der Waals surface area contributed by atoms with Crippen molar-refractivity contribution in [3.05, 3.63) is 51.6 Å². The summed E-state index contributed by atoms with van der Waals surface area (Å²) < 4.78 is 40.8. The lowest BCUT2D eigenvalue weighted by Gasteiger charge is -2.10. The fourth-order valence-electron chi connectivity index (χ4n) is 3.10. The summed E-state index contributed by atoms with van der Waals surface area (Å²) in [5.41, 5.74) is 1.70. The molecule has 0 radical (unpaired) electrons. The van der Waals surface area contributed by atoms with E-state index in [0.717, 1.165) is 28.8 Å². The summed E-state index contributed by atoms with van der Waals surface area (Å²) in [5, 5.41) is 0. The van der Waals surface area contributed by atoms with Gasteiger partial charge < -0.3 is 9.47 Å². The highest BCUT2D eigenvalue weighted by Gasteiger charge is 2.16. The normalized spacial score (nSPS) is 11.7. The van der Waals surface area contributed by atoms with E-state index in [1.54, 1.807) is 43.1 Å². The molecule has 9 heteroatoms. The highest BCUT2D eigenvalue weighted by atomic mass is 32.2. The van der Waals surface area contributed by atoms with Gasteiger partial charge in [-0.25, -0.2) is 13.1 Å². The van der Waals surface area contributed by atoms with Crippen LogP contribution in [-0.2, 0) is 23.0 Å². The van der Waals surface area contributed by atoms with Crippen LogP contribution in [0.3, 0.4) is 0 Å². The van der Waals surface area contributed by atoms with Crippen LogP contribution in [0.2, 0.25) is 0 Å². The fraction of sp³-hybridized carbons (Fsp3) is 0.350. The Hall–Kier alpha value is -2.36. The molecule has 0 amide bonds. The Morgan fingerprint density at radius 2 is 1.83 bits per heavy atom. The number of methoxy groups -OCH3 is 2. The Balaban J connectivity index is 1.73. The molecule has 0 spiro atoms. The van der Waals surface area contributed by atoms with Crippen molar-refractivity contribution in [1.29, 1.82) is 0 Å². The van der Waals surface area contributed by atoms with Gasteiger partial charge in [0.15, 0.2) is 11.5 Å². The molecule has 0 fully saturated rings. The lowest BCUT2D eigenvalue weighted by molar-refractivity contribution is 0.354. The summed E-state index contributed by atoms with van der Waals surface area (Å²) in [4.78, 5) is 12.2. The van der Waals surface area contributed by atoms with E-state index in [2.05, 4.69) is 4.72 Å². The van der Waals surface area contributed by atoms with Crippen LogP contribution in [0.1, 0.15) is 18.9 Å². The number of thiazole rings is 1. The molecular formula is C20H24N2O5S2. The largest absolute Gasteiger partial charge is 0.493 e. The van der Waals surface area contributed by atoms with Crippen LogP contribution in [0, 0.1) is 0 Å². The van der Waals surface area contributed by atoms with Gasteiger partial charge in [-0.3, -0.25) is 9.36 Å². The third-order valence-electron chi connectivity index (χ3n) is 4.55. The Labute approximate surface area is 173 Å². The Morgan fingerprint density at radius 3 is 2.52 bits per heavy atom. The molecule has 29 heavy (non-hydrogen) atoms. The maximum atomic E-state index is 12.7. The summed E-state index contributed by atoms with van der Waals surface area (Å²) in [5.74, 6) is 1.23. The molecule has 3 rings (SSSR count). The number of fused-ring (bicyclic) bond motifs is 1. The number of hydrogen-bond acceptors (Lipinski definition) is 6. The molecule has 0 saturated carbocycles. The van der Waals surface area contributed by atoms with Crippen molar-refractivity contribution in [2.24, 2.45) is 0 Å². The van der Waals surface area contributed by atoms with Crippen LogP contribution in [0.25, 0.3) is 10.2 Å². The van der Waals surface area contributed by atoms with E-state index >= 15 is 0 Å². The third kappa shape index (κ3) is 4.63. The minimum atomic E-state index is -3.68. The SMILES string of the molecule is CCCn1c(=O)sc2cc(S(=O)(=O)NCCc3ccc(OC)c(OC)c3)ccc21. The van der Waals surface area contributed by atoms with Crippen molar-refractivity contribution in [2.45, 2.75) is 31.2 Å². The van der Waals surface area contributed by atoms with Gasteiger partial charge in [-0.05, 0) is 48.7 Å². The maximum Gasteiger partial charge on any atom is 0.308 e. The zero-order valence-corrected chi connectivity index (χ0v) is 18.2. The first-order valence-corrected chi connectivity index (χ1v) is 11.5. The van der Waals surface area contributed by atoms with Gasteiger partial charge in [-0.2, -0.15) is 0 Å². The number of hydrogen-bond donors (Lipinski definition) is 1. The molecule has 3 aromatic rings. The predicted octanol–water partition coefficient (Wildman–Crippen LogP) is 3.01. The number of nitrogens with zero attached hydrogens (tertiary/aromatic N) is 1. The van der Waals surface area contributed by atoms with E-state index in [0.29, 0.717) is 29.2 Å². The van der Waals surface area contributed by atoms with Gasteiger partial charge in [0.25, 0.3) is 0 Å². The van der Waals surface area contributed by atoms with Crippen molar-refractivity contribution in [2.75, 3.05) is 20.8 Å². The van der Waals surface area contributed by atoms with E-state index < -0.39 is 10.0 Å². The topological polar surface area (TPSA) is 86.6 Å². The van der Waals surface area contributed by atoms with E-state index in [4.69, 9.17) is 9.47 Å². The Bertz CT molecular complexity index is 1170. The van der Waals surface area contributed by atoms with Gasteiger partial charge in [0.2, 0.25) is 10.0 Å². The Morgan fingerprint density at radius 1 is 1.07 bits per heavy atom. The minimum absolute atomic E-state index is 0.0715. The van der Waals surface area contributed by atoms with E-state index in [-0.39, 0.29) is 16.3 Å². The van der Waals surface area contributed by atoms with Crippen LogP contribution in [0.15, 0.2) is 46.1 Å². The summed E-state index contributed by atoms with van der Waals surface area (Å²) in [6.45, 7) is 2.86. The number of sulfonamides is 1. The summed E-state index contributed by atoms with van der Waals surface area (Å²) in [6, 6.07) is 10.3. The molecule has 1 aromatic heterocycles. The highest BCUT2D eigenvalue weighted by Crippen LogP contribution is 2.27. The molecule has 0 aliphatic rings. The number of aromatic nitrogens is 1. The first kappa shape index (κ1) is 21.4.